The lowest BCUT2D eigenvalue weighted by Crippen LogP contribution is -2.25. The molecule has 4 heteroatoms. The molecule has 0 saturated carbocycles. The van der Waals surface area contributed by atoms with Crippen LogP contribution in [0.1, 0.15) is 12.0 Å². The molecule has 2 N–H and O–H groups in total. The Morgan fingerprint density at radius 1 is 1.53 bits per heavy atom. The molecule has 0 fully saturated rings. The molecule has 0 radical (unpaired) electrons. The van der Waals surface area contributed by atoms with Crippen molar-refractivity contribution in [3.05, 3.63) is 40.9 Å². The van der Waals surface area contributed by atoms with Crippen molar-refractivity contribution in [2.24, 2.45) is 0 Å². The number of carbonyl (C=O) groups is 1. The molecule has 1 aromatic rings. The van der Waals surface area contributed by atoms with Crippen molar-refractivity contribution in [1.82, 2.24) is 5.32 Å². The van der Waals surface area contributed by atoms with E-state index in [-0.39, 0.29) is 5.91 Å². The smallest absolute Gasteiger partial charge is 0.222 e. The van der Waals surface area contributed by atoms with Crippen LogP contribution < -0.4 is 10.6 Å². The number of amides is 1. The van der Waals surface area contributed by atoms with Crippen LogP contribution in [0, 0.1) is 6.92 Å². The number of halogens is 1. The maximum atomic E-state index is 11.3. The van der Waals surface area contributed by atoms with E-state index in [9.17, 15) is 4.79 Å². The second-order valence-electron chi connectivity index (χ2n) is 3.73. The Kier molecular flexibility index (Phi) is 5.77. The van der Waals surface area contributed by atoms with Gasteiger partial charge in [-0.15, -0.1) is 6.58 Å². The summed E-state index contributed by atoms with van der Waals surface area (Å²) in [5, 5.41) is 5.98. The number of nitrogens with one attached hydrogen (secondary N) is 2. The summed E-state index contributed by atoms with van der Waals surface area (Å²) in [6, 6.07) is 6.02. The van der Waals surface area contributed by atoms with E-state index in [1.54, 1.807) is 6.08 Å². The minimum Gasteiger partial charge on any atom is -0.384 e. The Hall–Kier alpha value is -1.29. The van der Waals surface area contributed by atoms with Crippen LogP contribution in [0.3, 0.4) is 0 Å². The van der Waals surface area contributed by atoms with Gasteiger partial charge in [-0.3, -0.25) is 4.79 Å². The maximum Gasteiger partial charge on any atom is 0.222 e. The molecule has 0 heterocycles. The van der Waals surface area contributed by atoms with Gasteiger partial charge in [0, 0.05) is 29.7 Å². The fourth-order valence-corrected chi connectivity index (χ4v) is 1.89. The number of carbonyl (C=O) groups excluding carboxylic acids is 1. The van der Waals surface area contributed by atoms with Gasteiger partial charge in [-0.25, -0.2) is 0 Å². The molecule has 0 aliphatic heterocycles. The SMILES string of the molecule is C=CCNC(=O)CCNc1ccc(Br)cc1C. The number of benzene rings is 1. The van der Waals surface area contributed by atoms with Crippen LogP contribution in [0.25, 0.3) is 0 Å². The van der Waals surface area contributed by atoms with Gasteiger partial charge in [0.05, 0.1) is 0 Å². The molecule has 1 aromatic carbocycles. The fraction of sp³-hybridized carbons (Fsp3) is 0.308. The first-order valence-electron chi connectivity index (χ1n) is 5.51. The van der Waals surface area contributed by atoms with E-state index >= 15 is 0 Å². The summed E-state index contributed by atoms with van der Waals surface area (Å²) < 4.78 is 1.06. The average Bonchev–Trinajstić information content (AvgIpc) is 2.29. The van der Waals surface area contributed by atoms with Crippen LogP contribution >= 0.6 is 15.9 Å². The zero-order valence-corrected chi connectivity index (χ0v) is 11.5. The van der Waals surface area contributed by atoms with Crippen LogP contribution in [0.2, 0.25) is 0 Å². The third-order valence-electron chi connectivity index (χ3n) is 2.30. The first-order valence-corrected chi connectivity index (χ1v) is 6.30. The highest BCUT2D eigenvalue weighted by molar-refractivity contribution is 9.10. The molecule has 0 unspecified atom stereocenters. The molecule has 1 amide bonds. The highest BCUT2D eigenvalue weighted by Gasteiger charge is 2.01. The van der Waals surface area contributed by atoms with Gasteiger partial charge < -0.3 is 10.6 Å². The van der Waals surface area contributed by atoms with Crippen LogP contribution in [-0.2, 0) is 4.79 Å². The zero-order chi connectivity index (χ0) is 12.7. The number of rotatable bonds is 6. The van der Waals surface area contributed by atoms with Gasteiger partial charge >= 0.3 is 0 Å². The molecule has 0 aliphatic rings. The summed E-state index contributed by atoms with van der Waals surface area (Å²) in [5.74, 6) is 0.0344. The second-order valence-corrected chi connectivity index (χ2v) is 4.64. The lowest BCUT2D eigenvalue weighted by molar-refractivity contribution is -0.120. The Morgan fingerprint density at radius 2 is 2.29 bits per heavy atom. The highest BCUT2D eigenvalue weighted by Crippen LogP contribution is 2.19. The predicted octanol–water partition coefficient (Wildman–Crippen LogP) is 2.86. The van der Waals surface area contributed by atoms with E-state index in [1.807, 2.05) is 25.1 Å². The lowest BCUT2D eigenvalue weighted by atomic mass is 10.2. The Morgan fingerprint density at radius 3 is 2.94 bits per heavy atom. The zero-order valence-electron chi connectivity index (χ0n) is 9.92. The minimum absolute atomic E-state index is 0.0344. The molecule has 0 atom stereocenters. The van der Waals surface area contributed by atoms with Gasteiger partial charge in [-0.05, 0) is 30.7 Å². The normalized spacial score (nSPS) is 9.76. The third-order valence-corrected chi connectivity index (χ3v) is 2.79. The fourth-order valence-electron chi connectivity index (χ4n) is 1.41. The molecule has 0 aliphatic carbocycles. The maximum absolute atomic E-state index is 11.3. The van der Waals surface area contributed by atoms with E-state index in [2.05, 4.69) is 33.1 Å². The summed E-state index contributed by atoms with van der Waals surface area (Å²) in [6.45, 7) is 6.73. The van der Waals surface area contributed by atoms with Crippen molar-refractivity contribution < 1.29 is 4.79 Å². The van der Waals surface area contributed by atoms with E-state index in [1.165, 1.54) is 0 Å². The number of anilines is 1. The summed E-state index contributed by atoms with van der Waals surface area (Å²) in [6.07, 6.45) is 2.13. The Balaban J connectivity index is 2.35. The standard InChI is InChI=1S/C13H17BrN2O/c1-3-7-16-13(17)6-8-15-12-5-4-11(14)9-10(12)2/h3-5,9,15H,1,6-8H2,2H3,(H,16,17). The molecule has 1 rings (SSSR count). The Labute approximate surface area is 110 Å². The number of hydrogen-bond donors (Lipinski definition) is 2. The molecule has 0 spiro atoms. The molecule has 92 valence electrons. The quantitative estimate of drug-likeness (QED) is 0.793. The monoisotopic (exact) mass is 296 g/mol. The topological polar surface area (TPSA) is 41.1 Å². The summed E-state index contributed by atoms with van der Waals surface area (Å²) in [7, 11) is 0. The molecule has 3 nitrogen and oxygen atoms in total. The van der Waals surface area contributed by atoms with E-state index < -0.39 is 0 Å². The van der Waals surface area contributed by atoms with Crippen LogP contribution in [-0.4, -0.2) is 19.0 Å². The Bertz CT molecular complexity index is 404. The molecular weight excluding hydrogens is 280 g/mol. The first-order chi connectivity index (χ1) is 8.13. The summed E-state index contributed by atoms with van der Waals surface area (Å²) >= 11 is 3.41. The van der Waals surface area contributed by atoms with Crippen molar-refractivity contribution in [1.29, 1.82) is 0 Å². The van der Waals surface area contributed by atoms with Gasteiger partial charge in [0.1, 0.15) is 0 Å². The van der Waals surface area contributed by atoms with E-state index in [0.717, 1.165) is 15.7 Å². The van der Waals surface area contributed by atoms with Crippen LogP contribution in [0.4, 0.5) is 5.69 Å². The van der Waals surface area contributed by atoms with Gasteiger partial charge in [0.2, 0.25) is 5.91 Å². The number of aryl methyl sites for hydroxylation is 1. The first kappa shape index (κ1) is 13.8. The molecular formula is C13H17BrN2O. The highest BCUT2D eigenvalue weighted by atomic mass is 79.9. The van der Waals surface area contributed by atoms with Crippen LogP contribution in [0.15, 0.2) is 35.3 Å². The van der Waals surface area contributed by atoms with Crippen molar-refractivity contribution >= 4 is 27.5 Å². The van der Waals surface area contributed by atoms with Gasteiger partial charge in [-0.2, -0.15) is 0 Å². The summed E-state index contributed by atoms with van der Waals surface area (Å²) in [5.41, 5.74) is 2.22. The van der Waals surface area contributed by atoms with Gasteiger partial charge in [0.25, 0.3) is 0 Å². The molecule has 0 aromatic heterocycles. The minimum atomic E-state index is 0.0344. The van der Waals surface area contributed by atoms with Gasteiger partial charge in [0.15, 0.2) is 0 Å². The third kappa shape index (κ3) is 5.04. The van der Waals surface area contributed by atoms with Crippen molar-refractivity contribution in [2.45, 2.75) is 13.3 Å². The van der Waals surface area contributed by atoms with Crippen LogP contribution in [0.5, 0.6) is 0 Å². The van der Waals surface area contributed by atoms with Gasteiger partial charge in [-0.1, -0.05) is 22.0 Å². The summed E-state index contributed by atoms with van der Waals surface area (Å²) in [4.78, 5) is 11.3. The van der Waals surface area contributed by atoms with Crippen molar-refractivity contribution in [3.63, 3.8) is 0 Å². The molecule has 17 heavy (non-hydrogen) atoms. The molecule has 0 bridgehead atoms. The predicted molar refractivity (Wildman–Crippen MR) is 75.2 cm³/mol. The molecule has 0 saturated heterocycles. The van der Waals surface area contributed by atoms with Crippen molar-refractivity contribution in [2.75, 3.05) is 18.4 Å². The van der Waals surface area contributed by atoms with E-state index in [0.29, 0.717) is 19.5 Å². The average molecular weight is 297 g/mol. The largest absolute Gasteiger partial charge is 0.384 e. The van der Waals surface area contributed by atoms with Crippen molar-refractivity contribution in [3.8, 4) is 0 Å². The lowest BCUT2D eigenvalue weighted by Gasteiger charge is -2.09. The second kappa shape index (κ2) is 7.12. The van der Waals surface area contributed by atoms with E-state index in [4.69, 9.17) is 0 Å². The number of hydrogen-bond acceptors (Lipinski definition) is 2.